The maximum atomic E-state index is 13.5. The van der Waals surface area contributed by atoms with Crippen LogP contribution in [0.3, 0.4) is 0 Å². The monoisotopic (exact) mass is 443 g/mol. The number of halogens is 2. The van der Waals surface area contributed by atoms with E-state index < -0.39 is 11.9 Å². The molecule has 1 atom stereocenters. The maximum absolute atomic E-state index is 13.5. The van der Waals surface area contributed by atoms with Gasteiger partial charge in [0.1, 0.15) is 11.9 Å². The number of carbonyl (C=O) groups excluding carboxylic acids is 2. The van der Waals surface area contributed by atoms with Crippen LogP contribution in [-0.2, 0) is 22.6 Å². The summed E-state index contributed by atoms with van der Waals surface area (Å²) in [5, 5.41) is 2.90. The van der Waals surface area contributed by atoms with Crippen LogP contribution in [-0.4, -0.2) is 47.8 Å². The average Bonchev–Trinajstić information content (AvgIpc) is 2.80. The molecule has 0 saturated carbocycles. The highest BCUT2D eigenvalue weighted by atomic mass is 35.5. The number of nitrogens with one attached hydrogen (secondary N) is 1. The molecule has 0 bridgehead atoms. The Hall–Kier alpha value is -2.44. The van der Waals surface area contributed by atoms with Gasteiger partial charge in [-0.2, -0.15) is 0 Å². The minimum Gasteiger partial charge on any atom is -0.351 e. The van der Waals surface area contributed by atoms with Crippen molar-refractivity contribution in [3.8, 4) is 0 Å². The first-order chi connectivity index (χ1) is 15.0. The van der Waals surface area contributed by atoms with Crippen molar-refractivity contribution in [1.29, 1.82) is 0 Å². The summed E-state index contributed by atoms with van der Waals surface area (Å²) in [7, 11) is 0. The van der Waals surface area contributed by atoms with E-state index in [1.165, 1.54) is 17.7 Å². The number of nitrogens with zero attached hydrogens (tertiary/aromatic N) is 2. The SMILES string of the molecule is O=C(CN1CCc2ccccc2C1C(=O)N1CCCCC1)NCc1ccc(F)c(Cl)c1. The number of likely N-dealkylation sites (tertiary alicyclic amines) is 1. The van der Waals surface area contributed by atoms with Crippen LogP contribution >= 0.6 is 11.6 Å². The fraction of sp³-hybridized carbons (Fsp3) is 0.417. The molecule has 0 aromatic heterocycles. The summed E-state index contributed by atoms with van der Waals surface area (Å²) in [5.74, 6) is -0.566. The van der Waals surface area contributed by atoms with Crippen molar-refractivity contribution in [3.05, 3.63) is 70.0 Å². The molecule has 1 unspecified atom stereocenters. The lowest BCUT2D eigenvalue weighted by molar-refractivity contribution is -0.139. The third kappa shape index (κ3) is 5.08. The van der Waals surface area contributed by atoms with Crippen LogP contribution in [0, 0.1) is 5.82 Å². The summed E-state index contributed by atoms with van der Waals surface area (Å²) in [6, 6.07) is 12.0. The van der Waals surface area contributed by atoms with Crippen LogP contribution in [0.4, 0.5) is 4.39 Å². The van der Waals surface area contributed by atoms with Gasteiger partial charge in [-0.25, -0.2) is 4.39 Å². The van der Waals surface area contributed by atoms with Crippen LogP contribution in [0.5, 0.6) is 0 Å². The van der Waals surface area contributed by atoms with Crippen LogP contribution in [0.1, 0.15) is 42.0 Å². The van der Waals surface area contributed by atoms with E-state index in [0.717, 1.165) is 49.9 Å². The van der Waals surface area contributed by atoms with E-state index in [4.69, 9.17) is 11.6 Å². The molecule has 0 aliphatic carbocycles. The van der Waals surface area contributed by atoms with Gasteiger partial charge in [0.25, 0.3) is 0 Å². The summed E-state index contributed by atoms with van der Waals surface area (Å²) < 4.78 is 13.3. The Kier molecular flexibility index (Phi) is 6.88. The van der Waals surface area contributed by atoms with Crippen molar-refractivity contribution in [2.75, 3.05) is 26.2 Å². The van der Waals surface area contributed by atoms with Crippen molar-refractivity contribution in [2.24, 2.45) is 0 Å². The van der Waals surface area contributed by atoms with E-state index in [-0.39, 0.29) is 29.9 Å². The highest BCUT2D eigenvalue weighted by molar-refractivity contribution is 6.30. The summed E-state index contributed by atoms with van der Waals surface area (Å²) in [4.78, 5) is 30.1. The zero-order valence-corrected chi connectivity index (χ0v) is 18.2. The van der Waals surface area contributed by atoms with Gasteiger partial charge in [-0.05, 0) is 54.5 Å². The lowest BCUT2D eigenvalue weighted by atomic mass is 9.91. The molecule has 2 aliphatic rings. The molecule has 1 saturated heterocycles. The lowest BCUT2D eigenvalue weighted by Crippen LogP contribution is -2.50. The third-order valence-corrected chi connectivity index (χ3v) is 6.39. The Balaban J connectivity index is 1.46. The molecule has 2 aliphatic heterocycles. The molecule has 2 amide bonds. The van der Waals surface area contributed by atoms with Gasteiger partial charge in [-0.15, -0.1) is 0 Å². The molecule has 1 fully saturated rings. The fourth-order valence-electron chi connectivity index (χ4n) is 4.46. The maximum Gasteiger partial charge on any atom is 0.244 e. The van der Waals surface area contributed by atoms with Gasteiger partial charge < -0.3 is 10.2 Å². The molecule has 1 N–H and O–H groups in total. The highest BCUT2D eigenvalue weighted by Crippen LogP contribution is 2.32. The smallest absolute Gasteiger partial charge is 0.244 e. The molecule has 2 heterocycles. The minimum absolute atomic E-state index is 0.0339. The third-order valence-electron chi connectivity index (χ3n) is 6.11. The van der Waals surface area contributed by atoms with Gasteiger partial charge in [-0.1, -0.05) is 41.9 Å². The topological polar surface area (TPSA) is 52.7 Å². The summed E-state index contributed by atoms with van der Waals surface area (Å²) >= 11 is 5.82. The first-order valence-corrected chi connectivity index (χ1v) is 11.2. The van der Waals surface area contributed by atoms with Crippen molar-refractivity contribution in [2.45, 2.75) is 38.3 Å². The minimum atomic E-state index is -0.484. The number of amides is 2. The van der Waals surface area contributed by atoms with Gasteiger partial charge in [0, 0.05) is 26.2 Å². The van der Waals surface area contributed by atoms with Gasteiger partial charge in [0.15, 0.2) is 0 Å². The molecule has 31 heavy (non-hydrogen) atoms. The fourth-order valence-corrected chi connectivity index (χ4v) is 4.66. The van der Waals surface area contributed by atoms with Crippen molar-refractivity contribution >= 4 is 23.4 Å². The predicted molar refractivity (Wildman–Crippen MR) is 118 cm³/mol. The summed E-state index contributed by atoms with van der Waals surface area (Å²) in [6.07, 6.45) is 4.02. The zero-order valence-electron chi connectivity index (χ0n) is 17.4. The molecular formula is C24H27ClFN3O2. The highest BCUT2D eigenvalue weighted by Gasteiger charge is 2.36. The van der Waals surface area contributed by atoms with Crippen LogP contribution in [0.2, 0.25) is 5.02 Å². The Labute approximate surface area is 187 Å². The van der Waals surface area contributed by atoms with Crippen molar-refractivity contribution in [1.82, 2.24) is 15.1 Å². The summed E-state index contributed by atoms with van der Waals surface area (Å²) in [5.41, 5.74) is 2.91. The Morgan fingerprint density at radius 3 is 2.61 bits per heavy atom. The number of benzene rings is 2. The molecular weight excluding hydrogens is 417 g/mol. The zero-order chi connectivity index (χ0) is 21.8. The summed E-state index contributed by atoms with van der Waals surface area (Å²) in [6.45, 7) is 2.60. The molecule has 164 valence electrons. The van der Waals surface area contributed by atoms with Gasteiger partial charge in [0.05, 0.1) is 11.6 Å². The number of fused-ring (bicyclic) bond motifs is 1. The Bertz CT molecular complexity index is 962. The molecule has 2 aromatic carbocycles. The van der Waals surface area contributed by atoms with Gasteiger partial charge in [-0.3, -0.25) is 14.5 Å². The van der Waals surface area contributed by atoms with E-state index in [2.05, 4.69) is 11.4 Å². The average molecular weight is 444 g/mol. The molecule has 4 rings (SSSR count). The Morgan fingerprint density at radius 2 is 1.84 bits per heavy atom. The number of piperidine rings is 1. The van der Waals surface area contributed by atoms with Crippen LogP contribution in [0.15, 0.2) is 42.5 Å². The van der Waals surface area contributed by atoms with Crippen molar-refractivity contribution < 1.29 is 14.0 Å². The first-order valence-electron chi connectivity index (χ1n) is 10.8. The Morgan fingerprint density at radius 1 is 1.06 bits per heavy atom. The number of carbonyl (C=O) groups is 2. The van der Waals surface area contributed by atoms with E-state index in [1.807, 2.05) is 28.0 Å². The molecule has 5 nitrogen and oxygen atoms in total. The van der Waals surface area contributed by atoms with E-state index >= 15 is 0 Å². The normalized spacial score (nSPS) is 19.0. The molecule has 2 aromatic rings. The molecule has 7 heteroatoms. The van der Waals surface area contributed by atoms with Gasteiger partial charge >= 0.3 is 0 Å². The molecule has 0 radical (unpaired) electrons. The first kappa shape index (κ1) is 21.8. The van der Waals surface area contributed by atoms with Crippen LogP contribution < -0.4 is 5.32 Å². The quantitative estimate of drug-likeness (QED) is 0.766. The largest absolute Gasteiger partial charge is 0.351 e. The van der Waals surface area contributed by atoms with Gasteiger partial charge in [0.2, 0.25) is 11.8 Å². The van der Waals surface area contributed by atoms with E-state index in [1.54, 1.807) is 6.07 Å². The predicted octanol–water partition coefficient (Wildman–Crippen LogP) is 3.71. The number of hydrogen-bond donors (Lipinski definition) is 1. The molecule has 0 spiro atoms. The second kappa shape index (κ2) is 9.79. The lowest BCUT2D eigenvalue weighted by Gasteiger charge is -2.39. The standard InChI is InChI=1S/C24H27ClFN3O2/c25-20-14-17(8-9-21(20)26)15-27-22(30)16-29-13-10-18-6-2-3-7-19(18)23(29)24(31)28-11-4-1-5-12-28/h2-3,6-9,14,23H,1,4-5,10-13,15-16H2,(H,27,30). The number of rotatable bonds is 5. The second-order valence-electron chi connectivity index (χ2n) is 8.23. The van der Waals surface area contributed by atoms with E-state index in [0.29, 0.717) is 6.54 Å². The van der Waals surface area contributed by atoms with E-state index in [9.17, 15) is 14.0 Å². The second-order valence-corrected chi connectivity index (χ2v) is 8.64. The number of hydrogen-bond acceptors (Lipinski definition) is 3. The van der Waals surface area contributed by atoms with Crippen LogP contribution in [0.25, 0.3) is 0 Å². The van der Waals surface area contributed by atoms with Crippen molar-refractivity contribution in [3.63, 3.8) is 0 Å².